The highest BCUT2D eigenvalue weighted by Gasteiger charge is 2.25. The summed E-state index contributed by atoms with van der Waals surface area (Å²) < 4.78 is 0. The number of nitrogens with one attached hydrogen (secondary N) is 1. The third-order valence-corrected chi connectivity index (χ3v) is 2.74. The van der Waals surface area contributed by atoms with E-state index in [-0.39, 0.29) is 18.5 Å². The van der Waals surface area contributed by atoms with Crippen LogP contribution in [-0.4, -0.2) is 54.5 Å². The van der Waals surface area contributed by atoms with Crippen molar-refractivity contribution < 1.29 is 9.59 Å². The second kappa shape index (κ2) is 5.72. The summed E-state index contributed by atoms with van der Waals surface area (Å²) >= 11 is 0. The molecule has 1 fully saturated rings. The number of amides is 3. The molecule has 0 atom stereocenters. The maximum absolute atomic E-state index is 11.7. The van der Waals surface area contributed by atoms with Crippen molar-refractivity contribution in [2.75, 3.05) is 26.7 Å². The highest BCUT2D eigenvalue weighted by molar-refractivity contribution is 5.84. The Morgan fingerprint density at radius 2 is 1.81 bits per heavy atom. The van der Waals surface area contributed by atoms with Crippen molar-refractivity contribution >= 4 is 11.9 Å². The first-order chi connectivity index (χ1) is 7.58. The Morgan fingerprint density at radius 3 is 2.25 bits per heavy atom. The van der Waals surface area contributed by atoms with Crippen molar-refractivity contribution in [2.45, 2.75) is 32.7 Å². The van der Waals surface area contributed by atoms with Crippen molar-refractivity contribution in [2.24, 2.45) is 0 Å². The van der Waals surface area contributed by atoms with E-state index in [0.717, 1.165) is 12.8 Å². The van der Waals surface area contributed by atoms with Gasteiger partial charge in [0.2, 0.25) is 5.91 Å². The summed E-state index contributed by atoms with van der Waals surface area (Å²) in [5, 5.41) is 2.85. The normalized spacial score (nSPS) is 14.4. The summed E-state index contributed by atoms with van der Waals surface area (Å²) in [5.74, 6) is -0.00144. The van der Waals surface area contributed by atoms with Crippen LogP contribution in [0.15, 0.2) is 0 Å². The lowest BCUT2D eigenvalue weighted by atomic mass is 10.4. The second-order valence-electron chi connectivity index (χ2n) is 4.15. The molecular formula is C11H21N3O2. The molecule has 0 spiro atoms. The molecule has 0 heterocycles. The zero-order valence-electron chi connectivity index (χ0n) is 10.3. The van der Waals surface area contributed by atoms with Gasteiger partial charge in [-0.25, -0.2) is 4.79 Å². The van der Waals surface area contributed by atoms with Crippen LogP contribution in [0.4, 0.5) is 4.79 Å². The number of hydrogen-bond donors (Lipinski definition) is 1. The molecular weight excluding hydrogens is 206 g/mol. The molecule has 1 aliphatic carbocycles. The van der Waals surface area contributed by atoms with E-state index < -0.39 is 0 Å². The minimum Gasteiger partial charge on any atom is -0.342 e. The van der Waals surface area contributed by atoms with E-state index >= 15 is 0 Å². The SMILES string of the molecule is CCN(CC)C(=O)CN(C)C(=O)NC1CC1. The predicted molar refractivity (Wildman–Crippen MR) is 62.1 cm³/mol. The summed E-state index contributed by atoms with van der Waals surface area (Å²) in [6, 6.07) is 0.182. The summed E-state index contributed by atoms with van der Waals surface area (Å²) in [7, 11) is 1.65. The molecule has 1 aliphatic rings. The summed E-state index contributed by atoms with van der Waals surface area (Å²) in [5.41, 5.74) is 0. The van der Waals surface area contributed by atoms with Gasteiger partial charge in [-0.1, -0.05) is 0 Å². The monoisotopic (exact) mass is 227 g/mol. The fraction of sp³-hybridized carbons (Fsp3) is 0.818. The van der Waals surface area contributed by atoms with Gasteiger partial charge in [0, 0.05) is 26.2 Å². The topological polar surface area (TPSA) is 52.7 Å². The van der Waals surface area contributed by atoms with Gasteiger partial charge < -0.3 is 15.1 Å². The second-order valence-corrected chi connectivity index (χ2v) is 4.15. The molecule has 0 radical (unpaired) electrons. The standard InChI is InChI=1S/C11H21N3O2/c1-4-14(5-2)10(15)8-13(3)11(16)12-9-6-7-9/h9H,4-8H2,1-3H3,(H,12,16). The Labute approximate surface area is 96.8 Å². The molecule has 5 heteroatoms. The lowest BCUT2D eigenvalue weighted by Gasteiger charge is -2.23. The molecule has 0 bridgehead atoms. The third kappa shape index (κ3) is 3.72. The molecule has 1 N–H and O–H groups in total. The van der Waals surface area contributed by atoms with Gasteiger partial charge >= 0.3 is 6.03 Å². The maximum Gasteiger partial charge on any atom is 0.317 e. The van der Waals surface area contributed by atoms with Crippen LogP contribution in [0.1, 0.15) is 26.7 Å². The number of likely N-dealkylation sites (N-methyl/N-ethyl adjacent to an activating group) is 2. The molecule has 0 aromatic rings. The first kappa shape index (κ1) is 12.8. The average Bonchev–Trinajstić information content (AvgIpc) is 3.03. The first-order valence-electron chi connectivity index (χ1n) is 5.87. The minimum absolute atomic E-state index is 0.00144. The van der Waals surface area contributed by atoms with Crippen LogP contribution < -0.4 is 5.32 Å². The van der Waals surface area contributed by atoms with Gasteiger partial charge in [-0.05, 0) is 26.7 Å². The van der Waals surface area contributed by atoms with Crippen molar-refractivity contribution in [1.82, 2.24) is 15.1 Å². The molecule has 16 heavy (non-hydrogen) atoms. The van der Waals surface area contributed by atoms with E-state index in [9.17, 15) is 9.59 Å². The molecule has 0 saturated heterocycles. The van der Waals surface area contributed by atoms with E-state index in [1.165, 1.54) is 4.90 Å². The largest absolute Gasteiger partial charge is 0.342 e. The van der Waals surface area contributed by atoms with Crippen LogP contribution in [0.5, 0.6) is 0 Å². The Kier molecular flexibility index (Phi) is 4.58. The van der Waals surface area contributed by atoms with E-state index in [4.69, 9.17) is 0 Å². The van der Waals surface area contributed by atoms with Gasteiger partial charge in [-0.2, -0.15) is 0 Å². The maximum atomic E-state index is 11.7. The first-order valence-corrected chi connectivity index (χ1v) is 5.87. The molecule has 0 aromatic heterocycles. The highest BCUT2D eigenvalue weighted by atomic mass is 16.2. The zero-order chi connectivity index (χ0) is 12.1. The van der Waals surface area contributed by atoms with E-state index in [0.29, 0.717) is 19.1 Å². The molecule has 5 nitrogen and oxygen atoms in total. The third-order valence-electron chi connectivity index (χ3n) is 2.74. The fourth-order valence-electron chi connectivity index (χ4n) is 1.46. The summed E-state index contributed by atoms with van der Waals surface area (Å²) in [6.45, 7) is 5.40. The lowest BCUT2D eigenvalue weighted by molar-refractivity contribution is -0.131. The van der Waals surface area contributed by atoms with Crippen molar-refractivity contribution in [3.8, 4) is 0 Å². The zero-order valence-corrected chi connectivity index (χ0v) is 10.3. The van der Waals surface area contributed by atoms with Crippen LogP contribution in [-0.2, 0) is 4.79 Å². The summed E-state index contributed by atoms with van der Waals surface area (Å²) in [4.78, 5) is 26.5. The quantitative estimate of drug-likeness (QED) is 0.750. The van der Waals surface area contributed by atoms with Crippen molar-refractivity contribution in [3.63, 3.8) is 0 Å². The Balaban J connectivity index is 2.33. The molecule has 0 unspecified atom stereocenters. The Morgan fingerprint density at radius 1 is 1.25 bits per heavy atom. The van der Waals surface area contributed by atoms with Gasteiger partial charge in [0.05, 0.1) is 0 Å². The van der Waals surface area contributed by atoms with Gasteiger partial charge in [-0.15, -0.1) is 0 Å². The van der Waals surface area contributed by atoms with Crippen molar-refractivity contribution in [1.29, 1.82) is 0 Å². The number of carbonyl (C=O) groups is 2. The Hall–Kier alpha value is -1.26. The van der Waals surface area contributed by atoms with Crippen LogP contribution in [0.2, 0.25) is 0 Å². The van der Waals surface area contributed by atoms with Gasteiger partial charge in [0.15, 0.2) is 0 Å². The number of carbonyl (C=O) groups excluding carboxylic acids is 2. The van der Waals surface area contributed by atoms with Crippen LogP contribution >= 0.6 is 0 Å². The predicted octanol–water partition coefficient (Wildman–Crippen LogP) is 0.659. The van der Waals surface area contributed by atoms with Gasteiger partial charge in [0.25, 0.3) is 0 Å². The number of hydrogen-bond acceptors (Lipinski definition) is 2. The number of urea groups is 1. The number of rotatable bonds is 5. The smallest absolute Gasteiger partial charge is 0.317 e. The Bertz CT molecular complexity index is 260. The molecule has 3 amide bonds. The van der Waals surface area contributed by atoms with Crippen LogP contribution in [0.25, 0.3) is 0 Å². The van der Waals surface area contributed by atoms with E-state index in [1.54, 1.807) is 11.9 Å². The summed E-state index contributed by atoms with van der Waals surface area (Å²) in [6.07, 6.45) is 2.12. The van der Waals surface area contributed by atoms with Crippen molar-refractivity contribution in [3.05, 3.63) is 0 Å². The molecule has 1 saturated carbocycles. The van der Waals surface area contributed by atoms with E-state index in [2.05, 4.69) is 5.32 Å². The molecule has 0 aliphatic heterocycles. The fourth-order valence-corrected chi connectivity index (χ4v) is 1.46. The highest BCUT2D eigenvalue weighted by Crippen LogP contribution is 2.18. The van der Waals surface area contributed by atoms with E-state index in [1.807, 2.05) is 13.8 Å². The van der Waals surface area contributed by atoms with Crippen LogP contribution in [0.3, 0.4) is 0 Å². The van der Waals surface area contributed by atoms with Gasteiger partial charge in [-0.3, -0.25) is 4.79 Å². The van der Waals surface area contributed by atoms with Crippen LogP contribution in [0, 0.1) is 0 Å². The van der Waals surface area contributed by atoms with Gasteiger partial charge in [0.1, 0.15) is 6.54 Å². The number of nitrogens with zero attached hydrogens (tertiary/aromatic N) is 2. The molecule has 1 rings (SSSR count). The molecule has 0 aromatic carbocycles. The average molecular weight is 227 g/mol. The minimum atomic E-state index is -0.150. The lowest BCUT2D eigenvalue weighted by Crippen LogP contribution is -2.45. The molecule has 92 valence electrons.